The van der Waals surface area contributed by atoms with Crippen LogP contribution in [0.5, 0.6) is 0 Å². The smallest absolute Gasteiger partial charge is 0.407 e. The van der Waals surface area contributed by atoms with Crippen molar-refractivity contribution >= 4 is 12.1 Å². The number of hydrogen-bond donors (Lipinski definition) is 1. The average Bonchev–Trinajstić information content (AvgIpc) is 2.72. The molecule has 6 nitrogen and oxygen atoms in total. The standard InChI is InChI=1S/C11H15NO5/c1-4-16-10(13)9(12-11(14)15-3)8-6-5-7(2)17-8/h5-6,9H,4H2,1-3H3,(H,12,14)/t9-/m1/s1. The summed E-state index contributed by atoms with van der Waals surface area (Å²) in [6.45, 7) is 3.64. The monoisotopic (exact) mass is 241 g/mol. The van der Waals surface area contributed by atoms with Gasteiger partial charge in [-0.05, 0) is 26.0 Å². The van der Waals surface area contributed by atoms with Gasteiger partial charge in [0.2, 0.25) is 0 Å². The molecule has 17 heavy (non-hydrogen) atoms. The Bertz CT molecular complexity index is 398. The summed E-state index contributed by atoms with van der Waals surface area (Å²) in [7, 11) is 1.21. The highest BCUT2D eigenvalue weighted by Crippen LogP contribution is 2.18. The molecule has 0 aliphatic carbocycles. The first-order chi connectivity index (χ1) is 8.08. The van der Waals surface area contributed by atoms with Crippen molar-refractivity contribution in [1.29, 1.82) is 0 Å². The summed E-state index contributed by atoms with van der Waals surface area (Å²) in [5.74, 6) is 0.361. The van der Waals surface area contributed by atoms with E-state index in [0.29, 0.717) is 11.5 Å². The van der Waals surface area contributed by atoms with E-state index in [-0.39, 0.29) is 6.61 Å². The third-order valence-electron chi connectivity index (χ3n) is 2.02. The number of hydrogen-bond acceptors (Lipinski definition) is 5. The number of ether oxygens (including phenoxy) is 2. The molecule has 1 heterocycles. The first-order valence-electron chi connectivity index (χ1n) is 5.16. The van der Waals surface area contributed by atoms with E-state index < -0.39 is 18.1 Å². The molecule has 1 rings (SSSR count). The SMILES string of the molecule is CCOC(=O)[C@H](NC(=O)OC)c1ccc(C)o1. The predicted molar refractivity (Wildman–Crippen MR) is 58.4 cm³/mol. The van der Waals surface area contributed by atoms with Crippen LogP contribution in [0.2, 0.25) is 0 Å². The normalized spacial score (nSPS) is 11.7. The van der Waals surface area contributed by atoms with Crippen LogP contribution in [0, 0.1) is 6.92 Å². The van der Waals surface area contributed by atoms with Crippen molar-refractivity contribution in [2.24, 2.45) is 0 Å². The van der Waals surface area contributed by atoms with Gasteiger partial charge >= 0.3 is 12.1 Å². The molecule has 6 heteroatoms. The van der Waals surface area contributed by atoms with Gasteiger partial charge in [-0.15, -0.1) is 0 Å². The molecule has 0 aliphatic heterocycles. The highest BCUT2D eigenvalue weighted by molar-refractivity contribution is 5.82. The van der Waals surface area contributed by atoms with Crippen LogP contribution in [0.1, 0.15) is 24.5 Å². The van der Waals surface area contributed by atoms with Gasteiger partial charge in [0.1, 0.15) is 11.5 Å². The molecule has 0 aliphatic rings. The Labute approximate surface area is 98.9 Å². The maximum Gasteiger partial charge on any atom is 0.407 e. The lowest BCUT2D eigenvalue weighted by atomic mass is 10.2. The lowest BCUT2D eigenvalue weighted by Gasteiger charge is -2.14. The minimum Gasteiger partial charge on any atom is -0.464 e. The molecule has 0 aromatic carbocycles. The molecule has 0 spiro atoms. The highest BCUT2D eigenvalue weighted by atomic mass is 16.5. The fraction of sp³-hybridized carbons (Fsp3) is 0.455. The van der Waals surface area contributed by atoms with Crippen LogP contribution < -0.4 is 5.32 Å². The molecule has 1 N–H and O–H groups in total. The molecular formula is C11H15NO5. The topological polar surface area (TPSA) is 77.8 Å². The van der Waals surface area contributed by atoms with Gasteiger partial charge in [-0.1, -0.05) is 0 Å². The average molecular weight is 241 g/mol. The van der Waals surface area contributed by atoms with E-state index in [1.807, 2.05) is 0 Å². The van der Waals surface area contributed by atoms with E-state index >= 15 is 0 Å². The molecule has 0 unspecified atom stereocenters. The molecule has 94 valence electrons. The van der Waals surface area contributed by atoms with E-state index in [1.54, 1.807) is 26.0 Å². The zero-order valence-electron chi connectivity index (χ0n) is 9.98. The third kappa shape index (κ3) is 3.51. The second kappa shape index (κ2) is 5.93. The summed E-state index contributed by atoms with van der Waals surface area (Å²) >= 11 is 0. The zero-order chi connectivity index (χ0) is 12.8. The van der Waals surface area contributed by atoms with Gasteiger partial charge in [-0.3, -0.25) is 0 Å². The van der Waals surface area contributed by atoms with E-state index in [2.05, 4.69) is 10.1 Å². The van der Waals surface area contributed by atoms with Crippen molar-refractivity contribution in [2.75, 3.05) is 13.7 Å². The fourth-order valence-electron chi connectivity index (χ4n) is 1.26. The number of methoxy groups -OCH3 is 1. The largest absolute Gasteiger partial charge is 0.464 e. The van der Waals surface area contributed by atoms with Crippen LogP contribution >= 0.6 is 0 Å². The molecule has 0 fully saturated rings. The zero-order valence-corrected chi connectivity index (χ0v) is 9.98. The van der Waals surface area contributed by atoms with Crippen LogP contribution in [0.25, 0.3) is 0 Å². The predicted octanol–water partition coefficient (Wildman–Crippen LogP) is 1.55. The van der Waals surface area contributed by atoms with Crippen LogP contribution in [-0.2, 0) is 14.3 Å². The van der Waals surface area contributed by atoms with E-state index in [4.69, 9.17) is 9.15 Å². The molecule has 0 radical (unpaired) electrons. The lowest BCUT2D eigenvalue weighted by molar-refractivity contribution is -0.146. The van der Waals surface area contributed by atoms with Gasteiger partial charge in [0.15, 0.2) is 6.04 Å². The minimum absolute atomic E-state index is 0.220. The molecule has 1 aromatic rings. The quantitative estimate of drug-likeness (QED) is 0.809. The van der Waals surface area contributed by atoms with Crippen molar-refractivity contribution in [3.05, 3.63) is 23.7 Å². The van der Waals surface area contributed by atoms with Gasteiger partial charge in [0.25, 0.3) is 0 Å². The van der Waals surface area contributed by atoms with Crippen molar-refractivity contribution in [3.63, 3.8) is 0 Å². The molecule has 0 saturated heterocycles. The molecule has 1 atom stereocenters. The lowest BCUT2D eigenvalue weighted by Crippen LogP contribution is -2.34. The fourth-order valence-corrected chi connectivity index (χ4v) is 1.26. The third-order valence-corrected chi connectivity index (χ3v) is 2.02. The Morgan fingerprint density at radius 2 is 2.18 bits per heavy atom. The van der Waals surface area contributed by atoms with Gasteiger partial charge in [0, 0.05) is 0 Å². The number of alkyl carbamates (subject to hydrolysis) is 1. The number of esters is 1. The van der Waals surface area contributed by atoms with E-state index in [1.165, 1.54) is 7.11 Å². The highest BCUT2D eigenvalue weighted by Gasteiger charge is 2.27. The van der Waals surface area contributed by atoms with Crippen LogP contribution in [0.15, 0.2) is 16.5 Å². The van der Waals surface area contributed by atoms with Crippen molar-refractivity contribution in [1.82, 2.24) is 5.32 Å². The van der Waals surface area contributed by atoms with Gasteiger partial charge in [-0.2, -0.15) is 0 Å². The van der Waals surface area contributed by atoms with Crippen LogP contribution in [0.3, 0.4) is 0 Å². The van der Waals surface area contributed by atoms with Crippen molar-refractivity contribution in [2.45, 2.75) is 19.9 Å². The van der Waals surface area contributed by atoms with Crippen LogP contribution in [0.4, 0.5) is 4.79 Å². The number of furan rings is 1. The summed E-state index contributed by atoms with van der Waals surface area (Å²) in [6.07, 6.45) is -0.725. The second-order valence-electron chi connectivity index (χ2n) is 3.27. The number of rotatable bonds is 4. The number of amides is 1. The molecule has 1 amide bonds. The molecule has 1 aromatic heterocycles. The summed E-state index contributed by atoms with van der Waals surface area (Å²) in [4.78, 5) is 22.8. The number of nitrogens with one attached hydrogen (secondary N) is 1. The summed E-state index contributed by atoms with van der Waals surface area (Å²) < 4.78 is 14.6. The summed E-state index contributed by atoms with van der Waals surface area (Å²) in [5, 5.41) is 2.35. The Hall–Kier alpha value is -1.98. The maximum atomic E-state index is 11.7. The molecule has 0 saturated carbocycles. The van der Waals surface area contributed by atoms with Crippen molar-refractivity contribution < 1.29 is 23.5 Å². The van der Waals surface area contributed by atoms with E-state index in [0.717, 1.165) is 0 Å². The Balaban J connectivity index is 2.85. The van der Waals surface area contributed by atoms with Gasteiger partial charge in [-0.25, -0.2) is 9.59 Å². The maximum absolute atomic E-state index is 11.7. The number of aryl methyl sites for hydroxylation is 1. The Morgan fingerprint density at radius 3 is 2.65 bits per heavy atom. The molecular weight excluding hydrogens is 226 g/mol. The number of carbonyl (C=O) groups excluding carboxylic acids is 2. The van der Waals surface area contributed by atoms with Crippen LogP contribution in [-0.4, -0.2) is 25.8 Å². The second-order valence-corrected chi connectivity index (χ2v) is 3.27. The minimum atomic E-state index is -0.990. The first kappa shape index (κ1) is 13.1. The van der Waals surface area contributed by atoms with Gasteiger partial charge < -0.3 is 19.2 Å². The van der Waals surface area contributed by atoms with E-state index in [9.17, 15) is 9.59 Å². The summed E-state index contributed by atoms with van der Waals surface area (Å²) in [5.41, 5.74) is 0. The number of carbonyl (C=O) groups is 2. The Morgan fingerprint density at radius 1 is 1.47 bits per heavy atom. The summed E-state index contributed by atoms with van der Waals surface area (Å²) in [6, 6.07) is 2.31. The van der Waals surface area contributed by atoms with Crippen molar-refractivity contribution in [3.8, 4) is 0 Å². The Kier molecular flexibility index (Phi) is 4.56. The first-order valence-corrected chi connectivity index (χ1v) is 5.16. The molecule has 0 bridgehead atoms. The van der Waals surface area contributed by atoms with Gasteiger partial charge in [0.05, 0.1) is 13.7 Å².